The molecule has 0 aliphatic rings. The van der Waals surface area contributed by atoms with Gasteiger partial charge in [0.1, 0.15) is 0 Å². The predicted molar refractivity (Wildman–Crippen MR) is 57.9 cm³/mol. The average molecular weight is 211 g/mol. The number of rotatable bonds is 5. The second kappa shape index (κ2) is 5.61. The van der Waals surface area contributed by atoms with E-state index in [0.29, 0.717) is 6.54 Å². The van der Waals surface area contributed by atoms with E-state index in [-0.39, 0.29) is 5.56 Å². The standard InChI is InChI=1S/C12H15F2N/c1-9(2)7-15-8-10-3-5-11(6-4-10)12(13)14/h3-6,12,15H,1,7-8H2,2H3. The van der Waals surface area contributed by atoms with Crippen molar-refractivity contribution in [3.05, 3.63) is 47.5 Å². The Morgan fingerprint density at radius 2 is 1.93 bits per heavy atom. The van der Waals surface area contributed by atoms with E-state index in [1.807, 2.05) is 6.92 Å². The quantitative estimate of drug-likeness (QED) is 0.737. The highest BCUT2D eigenvalue weighted by Crippen LogP contribution is 2.18. The van der Waals surface area contributed by atoms with Crippen molar-refractivity contribution >= 4 is 0 Å². The van der Waals surface area contributed by atoms with Crippen molar-refractivity contribution < 1.29 is 8.78 Å². The Bertz CT molecular complexity index is 317. The highest BCUT2D eigenvalue weighted by atomic mass is 19.3. The molecule has 1 nitrogen and oxygen atoms in total. The second-order valence-electron chi connectivity index (χ2n) is 3.60. The molecule has 1 rings (SSSR count). The molecule has 0 atom stereocenters. The number of nitrogens with one attached hydrogen (secondary N) is 1. The molecule has 0 bridgehead atoms. The molecule has 82 valence electrons. The molecule has 0 amide bonds. The van der Waals surface area contributed by atoms with Gasteiger partial charge in [0.15, 0.2) is 0 Å². The smallest absolute Gasteiger partial charge is 0.263 e. The molecule has 0 radical (unpaired) electrons. The topological polar surface area (TPSA) is 12.0 Å². The van der Waals surface area contributed by atoms with E-state index in [2.05, 4.69) is 11.9 Å². The Morgan fingerprint density at radius 1 is 1.33 bits per heavy atom. The van der Waals surface area contributed by atoms with Crippen LogP contribution in [-0.4, -0.2) is 6.54 Å². The first kappa shape index (κ1) is 11.9. The van der Waals surface area contributed by atoms with Crippen LogP contribution in [0.3, 0.4) is 0 Å². The summed E-state index contributed by atoms with van der Waals surface area (Å²) < 4.78 is 24.5. The average Bonchev–Trinajstić information content (AvgIpc) is 2.18. The fourth-order valence-corrected chi connectivity index (χ4v) is 1.20. The summed E-state index contributed by atoms with van der Waals surface area (Å²) in [5.74, 6) is 0. The molecule has 0 unspecified atom stereocenters. The van der Waals surface area contributed by atoms with E-state index in [1.54, 1.807) is 12.1 Å². The Morgan fingerprint density at radius 3 is 2.40 bits per heavy atom. The van der Waals surface area contributed by atoms with Crippen molar-refractivity contribution in [2.45, 2.75) is 19.9 Å². The van der Waals surface area contributed by atoms with Gasteiger partial charge >= 0.3 is 0 Å². The fraction of sp³-hybridized carbons (Fsp3) is 0.333. The summed E-state index contributed by atoms with van der Waals surface area (Å²) in [7, 11) is 0. The number of hydrogen-bond acceptors (Lipinski definition) is 1. The second-order valence-corrected chi connectivity index (χ2v) is 3.60. The molecule has 0 heterocycles. The highest BCUT2D eigenvalue weighted by molar-refractivity contribution is 5.23. The molecule has 0 aliphatic carbocycles. The number of benzene rings is 1. The molecule has 0 saturated carbocycles. The van der Waals surface area contributed by atoms with Crippen molar-refractivity contribution in [2.24, 2.45) is 0 Å². The largest absolute Gasteiger partial charge is 0.309 e. The molecular formula is C12H15F2N. The SMILES string of the molecule is C=C(C)CNCc1ccc(C(F)F)cc1. The van der Waals surface area contributed by atoms with Crippen LogP contribution < -0.4 is 5.32 Å². The van der Waals surface area contributed by atoms with Crippen LogP contribution in [0.5, 0.6) is 0 Å². The first-order valence-electron chi connectivity index (χ1n) is 4.81. The summed E-state index contributed by atoms with van der Waals surface area (Å²) in [6, 6.07) is 6.35. The van der Waals surface area contributed by atoms with Gasteiger partial charge in [-0.3, -0.25) is 0 Å². The molecule has 0 saturated heterocycles. The van der Waals surface area contributed by atoms with Crippen molar-refractivity contribution in [3.63, 3.8) is 0 Å². The lowest BCUT2D eigenvalue weighted by Gasteiger charge is -2.05. The number of hydrogen-bond donors (Lipinski definition) is 1. The maximum absolute atomic E-state index is 12.2. The minimum Gasteiger partial charge on any atom is -0.309 e. The van der Waals surface area contributed by atoms with Crippen LogP contribution in [0.25, 0.3) is 0 Å². The third-order valence-electron chi connectivity index (χ3n) is 1.99. The first-order valence-corrected chi connectivity index (χ1v) is 4.81. The first-order chi connectivity index (χ1) is 7.09. The van der Waals surface area contributed by atoms with Gasteiger partial charge in [0.2, 0.25) is 0 Å². The lowest BCUT2D eigenvalue weighted by Crippen LogP contribution is -2.15. The Labute approximate surface area is 88.8 Å². The van der Waals surface area contributed by atoms with Crippen LogP contribution in [-0.2, 0) is 6.54 Å². The molecule has 1 N–H and O–H groups in total. The lowest BCUT2D eigenvalue weighted by atomic mass is 10.1. The van der Waals surface area contributed by atoms with E-state index in [9.17, 15) is 8.78 Å². The molecule has 0 fully saturated rings. The van der Waals surface area contributed by atoms with Crippen LogP contribution in [0.4, 0.5) is 8.78 Å². The summed E-state index contributed by atoms with van der Waals surface area (Å²) in [6.07, 6.45) is -2.39. The van der Waals surface area contributed by atoms with Crippen LogP contribution >= 0.6 is 0 Å². The van der Waals surface area contributed by atoms with Crippen LogP contribution in [0.15, 0.2) is 36.4 Å². The van der Waals surface area contributed by atoms with Gasteiger partial charge in [-0.05, 0) is 12.5 Å². The number of alkyl halides is 2. The minimum absolute atomic E-state index is 0.0682. The maximum Gasteiger partial charge on any atom is 0.263 e. The molecule has 15 heavy (non-hydrogen) atoms. The Kier molecular flexibility index (Phi) is 4.43. The van der Waals surface area contributed by atoms with E-state index >= 15 is 0 Å². The Hall–Kier alpha value is -1.22. The zero-order valence-corrected chi connectivity index (χ0v) is 8.76. The molecule has 0 spiro atoms. The van der Waals surface area contributed by atoms with Crippen molar-refractivity contribution in [2.75, 3.05) is 6.54 Å². The van der Waals surface area contributed by atoms with Gasteiger partial charge in [-0.1, -0.05) is 36.4 Å². The third kappa shape index (κ3) is 4.21. The van der Waals surface area contributed by atoms with Gasteiger partial charge in [-0.25, -0.2) is 8.78 Å². The van der Waals surface area contributed by atoms with Gasteiger partial charge in [0.25, 0.3) is 6.43 Å². The van der Waals surface area contributed by atoms with Crippen molar-refractivity contribution in [3.8, 4) is 0 Å². The minimum atomic E-state index is -2.39. The van der Waals surface area contributed by atoms with Crippen molar-refractivity contribution in [1.29, 1.82) is 0 Å². The van der Waals surface area contributed by atoms with E-state index in [4.69, 9.17) is 0 Å². The van der Waals surface area contributed by atoms with Gasteiger partial charge in [-0.2, -0.15) is 0 Å². The van der Waals surface area contributed by atoms with Crippen molar-refractivity contribution in [1.82, 2.24) is 5.32 Å². The van der Waals surface area contributed by atoms with Gasteiger partial charge < -0.3 is 5.32 Å². The molecule has 1 aromatic rings. The normalized spacial score (nSPS) is 10.7. The van der Waals surface area contributed by atoms with Crippen LogP contribution in [0, 0.1) is 0 Å². The van der Waals surface area contributed by atoms with Crippen LogP contribution in [0.1, 0.15) is 24.5 Å². The summed E-state index contributed by atoms with van der Waals surface area (Å²) in [4.78, 5) is 0. The zero-order chi connectivity index (χ0) is 11.3. The summed E-state index contributed by atoms with van der Waals surface area (Å²) >= 11 is 0. The van der Waals surface area contributed by atoms with Gasteiger partial charge in [0, 0.05) is 18.7 Å². The summed E-state index contributed by atoms with van der Waals surface area (Å²) in [5, 5.41) is 3.16. The molecule has 3 heteroatoms. The van der Waals surface area contributed by atoms with Gasteiger partial charge in [0.05, 0.1) is 0 Å². The predicted octanol–water partition coefficient (Wildman–Crippen LogP) is 3.29. The molecular weight excluding hydrogens is 196 g/mol. The fourth-order valence-electron chi connectivity index (χ4n) is 1.20. The van der Waals surface area contributed by atoms with E-state index < -0.39 is 6.43 Å². The Balaban J connectivity index is 2.46. The molecule has 0 aliphatic heterocycles. The lowest BCUT2D eigenvalue weighted by molar-refractivity contribution is 0.151. The zero-order valence-electron chi connectivity index (χ0n) is 8.76. The molecule has 0 aromatic heterocycles. The monoisotopic (exact) mass is 211 g/mol. The van der Waals surface area contributed by atoms with E-state index in [0.717, 1.165) is 17.7 Å². The van der Waals surface area contributed by atoms with Gasteiger partial charge in [-0.15, -0.1) is 0 Å². The summed E-state index contributed by atoms with van der Waals surface area (Å²) in [6.45, 7) is 7.12. The number of halogens is 2. The molecule has 1 aromatic carbocycles. The third-order valence-corrected chi connectivity index (χ3v) is 1.99. The van der Waals surface area contributed by atoms with Crippen LogP contribution in [0.2, 0.25) is 0 Å². The van der Waals surface area contributed by atoms with E-state index in [1.165, 1.54) is 12.1 Å². The summed E-state index contributed by atoms with van der Waals surface area (Å²) in [5.41, 5.74) is 2.12. The maximum atomic E-state index is 12.2. The highest BCUT2D eigenvalue weighted by Gasteiger charge is 2.05.